The molecule has 0 heterocycles. The third-order valence-electron chi connectivity index (χ3n) is 6.79. The van der Waals surface area contributed by atoms with Gasteiger partial charge in [0.15, 0.2) is 0 Å². The fourth-order valence-electron chi connectivity index (χ4n) is 4.57. The van der Waals surface area contributed by atoms with Crippen LogP contribution in [-0.2, 0) is 9.53 Å². The highest BCUT2D eigenvalue weighted by Crippen LogP contribution is 2.18. The van der Waals surface area contributed by atoms with E-state index in [1.54, 1.807) is 0 Å². The molecule has 0 aliphatic rings. The van der Waals surface area contributed by atoms with Gasteiger partial charge in [-0.3, -0.25) is 4.79 Å². The summed E-state index contributed by atoms with van der Waals surface area (Å²) < 4.78 is 5.96. The Kier molecular flexibility index (Phi) is 26.3. The fraction of sp³-hybridized carbons (Fsp3) is 0.967. The van der Waals surface area contributed by atoms with Crippen molar-refractivity contribution in [3.05, 3.63) is 0 Å². The SMILES string of the molecule is CCCCCCCCCCCC(CCCCCCCC)OC(=O)CCCCCCCCC. The van der Waals surface area contributed by atoms with Gasteiger partial charge in [-0.15, -0.1) is 0 Å². The highest BCUT2D eigenvalue weighted by atomic mass is 16.5. The summed E-state index contributed by atoms with van der Waals surface area (Å²) in [5.74, 6) is 0.0606. The van der Waals surface area contributed by atoms with E-state index in [-0.39, 0.29) is 12.1 Å². The molecule has 0 radical (unpaired) electrons. The molecule has 0 spiro atoms. The van der Waals surface area contributed by atoms with Gasteiger partial charge in [0.25, 0.3) is 0 Å². The van der Waals surface area contributed by atoms with Crippen molar-refractivity contribution in [2.45, 2.75) is 187 Å². The first-order valence-corrected chi connectivity index (χ1v) is 14.9. The van der Waals surface area contributed by atoms with E-state index < -0.39 is 0 Å². The van der Waals surface area contributed by atoms with Gasteiger partial charge in [0.1, 0.15) is 6.10 Å². The zero-order chi connectivity index (χ0) is 23.5. The average molecular weight is 453 g/mol. The van der Waals surface area contributed by atoms with E-state index in [0.29, 0.717) is 6.42 Å². The van der Waals surface area contributed by atoms with E-state index in [1.807, 2.05) is 0 Å². The van der Waals surface area contributed by atoms with Crippen molar-refractivity contribution in [2.75, 3.05) is 0 Å². The maximum absolute atomic E-state index is 12.4. The lowest BCUT2D eigenvalue weighted by atomic mass is 10.0. The molecule has 0 rings (SSSR count). The third-order valence-corrected chi connectivity index (χ3v) is 6.79. The maximum atomic E-state index is 12.4. The van der Waals surface area contributed by atoms with Gasteiger partial charge in [-0.2, -0.15) is 0 Å². The number of esters is 1. The predicted octanol–water partition coefficient (Wildman–Crippen LogP) is 10.7. The van der Waals surface area contributed by atoms with Crippen molar-refractivity contribution < 1.29 is 9.53 Å². The molecular weight excluding hydrogens is 392 g/mol. The number of carbonyl (C=O) groups excluding carboxylic acids is 1. The first-order chi connectivity index (χ1) is 15.7. The molecule has 0 aromatic heterocycles. The Morgan fingerprint density at radius 3 is 1.16 bits per heavy atom. The molecule has 0 saturated heterocycles. The van der Waals surface area contributed by atoms with E-state index >= 15 is 0 Å². The molecule has 0 bridgehead atoms. The molecule has 192 valence electrons. The Morgan fingerprint density at radius 1 is 0.469 bits per heavy atom. The number of rotatable bonds is 26. The molecule has 1 unspecified atom stereocenters. The summed E-state index contributed by atoms with van der Waals surface area (Å²) in [6, 6.07) is 0. The van der Waals surface area contributed by atoms with E-state index in [1.165, 1.54) is 135 Å². The van der Waals surface area contributed by atoms with Gasteiger partial charge in [-0.25, -0.2) is 0 Å². The normalized spacial score (nSPS) is 12.2. The van der Waals surface area contributed by atoms with Crippen LogP contribution >= 0.6 is 0 Å². The summed E-state index contributed by atoms with van der Waals surface area (Å²) in [5, 5.41) is 0. The summed E-state index contributed by atoms with van der Waals surface area (Å²) in [4.78, 5) is 12.4. The van der Waals surface area contributed by atoms with Crippen LogP contribution < -0.4 is 0 Å². The Morgan fingerprint density at radius 2 is 0.781 bits per heavy atom. The second kappa shape index (κ2) is 26.7. The Balaban J connectivity index is 3.99. The molecule has 2 heteroatoms. The van der Waals surface area contributed by atoms with Gasteiger partial charge in [-0.05, 0) is 32.1 Å². The zero-order valence-corrected chi connectivity index (χ0v) is 22.6. The predicted molar refractivity (Wildman–Crippen MR) is 142 cm³/mol. The highest BCUT2D eigenvalue weighted by Gasteiger charge is 2.14. The largest absolute Gasteiger partial charge is 0.462 e. The minimum absolute atomic E-state index is 0.0606. The first-order valence-electron chi connectivity index (χ1n) is 14.9. The Labute approximate surface area is 203 Å². The molecule has 0 aliphatic carbocycles. The van der Waals surface area contributed by atoms with Gasteiger partial charge in [0.05, 0.1) is 0 Å². The van der Waals surface area contributed by atoms with Gasteiger partial charge >= 0.3 is 5.97 Å². The number of ether oxygens (including phenoxy) is 1. The van der Waals surface area contributed by atoms with Crippen LogP contribution in [0.25, 0.3) is 0 Å². The van der Waals surface area contributed by atoms with Crippen molar-refractivity contribution in [2.24, 2.45) is 0 Å². The van der Waals surface area contributed by atoms with E-state index in [9.17, 15) is 4.79 Å². The topological polar surface area (TPSA) is 26.3 Å². The second-order valence-electron chi connectivity index (χ2n) is 10.2. The standard InChI is InChI=1S/C30H60O2/c1-4-7-10-13-16-17-19-21-24-27-29(26-23-20-15-12-9-6-3)32-30(31)28-25-22-18-14-11-8-5-2/h29H,4-28H2,1-3H3. The van der Waals surface area contributed by atoms with Crippen LogP contribution in [0.15, 0.2) is 0 Å². The summed E-state index contributed by atoms with van der Waals surface area (Å²) in [6.07, 6.45) is 31.8. The smallest absolute Gasteiger partial charge is 0.306 e. The molecule has 0 aromatic rings. The van der Waals surface area contributed by atoms with E-state index in [0.717, 1.165) is 19.3 Å². The van der Waals surface area contributed by atoms with Gasteiger partial charge in [0, 0.05) is 6.42 Å². The van der Waals surface area contributed by atoms with Crippen LogP contribution in [0.2, 0.25) is 0 Å². The molecule has 2 nitrogen and oxygen atoms in total. The van der Waals surface area contributed by atoms with Crippen molar-refractivity contribution in [1.29, 1.82) is 0 Å². The summed E-state index contributed by atoms with van der Waals surface area (Å²) in [6.45, 7) is 6.81. The summed E-state index contributed by atoms with van der Waals surface area (Å²) >= 11 is 0. The average Bonchev–Trinajstić information content (AvgIpc) is 2.79. The molecule has 0 amide bonds. The Bertz CT molecular complexity index is 366. The van der Waals surface area contributed by atoms with Gasteiger partial charge in [0.2, 0.25) is 0 Å². The number of carbonyl (C=O) groups is 1. The van der Waals surface area contributed by atoms with E-state index in [4.69, 9.17) is 4.74 Å². The van der Waals surface area contributed by atoms with Crippen LogP contribution in [0.4, 0.5) is 0 Å². The Hall–Kier alpha value is -0.530. The monoisotopic (exact) mass is 452 g/mol. The summed E-state index contributed by atoms with van der Waals surface area (Å²) in [5.41, 5.74) is 0. The van der Waals surface area contributed by atoms with Crippen molar-refractivity contribution >= 4 is 5.97 Å². The molecule has 0 saturated carbocycles. The number of unbranched alkanes of at least 4 members (excludes halogenated alkanes) is 19. The highest BCUT2D eigenvalue weighted by molar-refractivity contribution is 5.69. The molecule has 0 fully saturated rings. The minimum atomic E-state index is 0.0606. The second-order valence-corrected chi connectivity index (χ2v) is 10.2. The van der Waals surface area contributed by atoms with Crippen molar-refractivity contribution in [3.63, 3.8) is 0 Å². The van der Waals surface area contributed by atoms with Crippen LogP contribution in [0.3, 0.4) is 0 Å². The maximum Gasteiger partial charge on any atom is 0.306 e. The van der Waals surface area contributed by atoms with Crippen LogP contribution in [-0.4, -0.2) is 12.1 Å². The molecule has 1 atom stereocenters. The molecular formula is C30H60O2. The van der Waals surface area contributed by atoms with Gasteiger partial charge in [-0.1, -0.05) is 143 Å². The lowest BCUT2D eigenvalue weighted by Crippen LogP contribution is -2.18. The van der Waals surface area contributed by atoms with Crippen LogP contribution in [0.5, 0.6) is 0 Å². The molecule has 0 N–H and O–H groups in total. The van der Waals surface area contributed by atoms with Crippen LogP contribution in [0.1, 0.15) is 181 Å². The first kappa shape index (κ1) is 31.5. The molecule has 0 aliphatic heterocycles. The van der Waals surface area contributed by atoms with Crippen molar-refractivity contribution in [3.8, 4) is 0 Å². The molecule has 32 heavy (non-hydrogen) atoms. The van der Waals surface area contributed by atoms with E-state index in [2.05, 4.69) is 20.8 Å². The quantitative estimate of drug-likeness (QED) is 0.0963. The van der Waals surface area contributed by atoms with Gasteiger partial charge < -0.3 is 4.74 Å². The van der Waals surface area contributed by atoms with Crippen LogP contribution in [0, 0.1) is 0 Å². The lowest BCUT2D eigenvalue weighted by molar-refractivity contribution is -0.150. The number of hydrogen-bond acceptors (Lipinski definition) is 2. The zero-order valence-electron chi connectivity index (χ0n) is 22.6. The third kappa shape index (κ3) is 24.1. The fourth-order valence-corrected chi connectivity index (χ4v) is 4.57. The minimum Gasteiger partial charge on any atom is -0.462 e. The molecule has 0 aromatic carbocycles. The number of hydrogen-bond donors (Lipinski definition) is 0. The lowest BCUT2D eigenvalue weighted by Gasteiger charge is -2.18. The summed E-state index contributed by atoms with van der Waals surface area (Å²) in [7, 11) is 0. The van der Waals surface area contributed by atoms with Crippen molar-refractivity contribution in [1.82, 2.24) is 0 Å².